The molecule has 1 aliphatic heterocycles. The molecule has 1 aliphatic rings. The average Bonchev–Trinajstić information content (AvgIpc) is 2.48. The summed E-state index contributed by atoms with van der Waals surface area (Å²) in [6, 6.07) is 3.52. The van der Waals surface area contributed by atoms with Gasteiger partial charge in [0.05, 0.1) is 24.7 Å². The first-order chi connectivity index (χ1) is 10.5. The van der Waals surface area contributed by atoms with E-state index in [0.29, 0.717) is 28.3 Å². The first kappa shape index (κ1) is 17.2. The first-order valence-electron chi connectivity index (χ1n) is 6.67. The van der Waals surface area contributed by atoms with E-state index in [9.17, 15) is 14.7 Å². The summed E-state index contributed by atoms with van der Waals surface area (Å²) >= 11 is 9.12. The third kappa shape index (κ3) is 4.67. The zero-order chi connectivity index (χ0) is 16.1. The summed E-state index contributed by atoms with van der Waals surface area (Å²) in [5.41, 5.74) is 0.419. The van der Waals surface area contributed by atoms with Crippen LogP contribution in [-0.4, -0.2) is 36.5 Å². The van der Waals surface area contributed by atoms with Crippen LogP contribution in [0.25, 0.3) is 0 Å². The second-order valence-corrected chi connectivity index (χ2v) is 6.00. The maximum Gasteiger partial charge on any atom is 0.330 e. The monoisotopic (exact) mass is 391 g/mol. The van der Waals surface area contributed by atoms with Gasteiger partial charge in [0.25, 0.3) is 0 Å². The number of carboxylic acids is 1. The highest BCUT2D eigenvalue weighted by Gasteiger charge is 2.25. The topological polar surface area (TPSA) is 84.9 Å². The van der Waals surface area contributed by atoms with Gasteiger partial charge in [-0.1, -0.05) is 17.7 Å². The predicted octanol–water partition coefficient (Wildman–Crippen LogP) is 2.50. The molecule has 0 aromatic heterocycles. The van der Waals surface area contributed by atoms with Gasteiger partial charge >= 0.3 is 5.97 Å². The lowest BCUT2D eigenvalue weighted by Crippen LogP contribution is -2.37. The molecule has 1 saturated heterocycles. The van der Waals surface area contributed by atoms with Crippen LogP contribution in [0.1, 0.15) is 24.4 Å². The van der Waals surface area contributed by atoms with Gasteiger partial charge in [-0.05, 0) is 40.0 Å². The summed E-state index contributed by atoms with van der Waals surface area (Å²) in [7, 11) is 0. The molecule has 1 aromatic rings. The van der Waals surface area contributed by atoms with E-state index in [0.717, 1.165) is 6.42 Å². The maximum atomic E-state index is 12.0. The Hall–Kier alpha value is -1.15. The number of amides is 1. The van der Waals surface area contributed by atoms with Crippen LogP contribution >= 0.6 is 27.5 Å². The molecule has 8 heteroatoms. The fourth-order valence-electron chi connectivity index (χ4n) is 2.01. The minimum Gasteiger partial charge on any atom is -0.479 e. The van der Waals surface area contributed by atoms with Crippen molar-refractivity contribution in [2.24, 2.45) is 0 Å². The molecule has 0 spiro atoms. The quantitative estimate of drug-likeness (QED) is 0.804. The summed E-state index contributed by atoms with van der Waals surface area (Å²) < 4.78 is 11.1. The van der Waals surface area contributed by atoms with Gasteiger partial charge in [-0.3, -0.25) is 4.79 Å². The Bertz CT molecular complexity index is 562. The maximum absolute atomic E-state index is 12.0. The number of rotatable bonds is 5. The van der Waals surface area contributed by atoms with Crippen molar-refractivity contribution in [3.63, 3.8) is 0 Å². The summed E-state index contributed by atoms with van der Waals surface area (Å²) in [4.78, 5) is 23.4. The van der Waals surface area contributed by atoms with Crippen LogP contribution in [0.5, 0.6) is 0 Å². The van der Waals surface area contributed by atoms with Crippen molar-refractivity contribution < 1.29 is 24.2 Å². The Kier molecular flexibility index (Phi) is 6.19. The first-order valence-corrected chi connectivity index (χ1v) is 7.85. The Labute approximate surface area is 140 Å². The van der Waals surface area contributed by atoms with Crippen molar-refractivity contribution in [2.45, 2.75) is 25.2 Å². The van der Waals surface area contributed by atoms with E-state index in [2.05, 4.69) is 21.2 Å². The lowest BCUT2D eigenvalue weighted by atomic mass is 10.1. The molecule has 1 atom stereocenters. The van der Waals surface area contributed by atoms with E-state index in [1.165, 1.54) is 0 Å². The highest BCUT2D eigenvalue weighted by atomic mass is 79.9. The highest BCUT2D eigenvalue weighted by Crippen LogP contribution is 2.26. The number of hydrogen-bond acceptors (Lipinski definition) is 4. The van der Waals surface area contributed by atoms with Gasteiger partial charge in [0.1, 0.15) is 0 Å². The van der Waals surface area contributed by atoms with Crippen LogP contribution in [0.4, 0.5) is 0 Å². The van der Waals surface area contributed by atoms with Crippen LogP contribution in [0.15, 0.2) is 22.7 Å². The molecule has 1 fully saturated rings. The van der Waals surface area contributed by atoms with E-state index in [-0.39, 0.29) is 6.42 Å². The number of carbonyl (C=O) groups excluding carboxylic acids is 1. The molecule has 0 saturated carbocycles. The van der Waals surface area contributed by atoms with Gasteiger partial charge in [-0.15, -0.1) is 0 Å². The minimum absolute atomic E-state index is 0.0431. The molecule has 2 N–H and O–H groups in total. The summed E-state index contributed by atoms with van der Waals surface area (Å²) in [5.74, 6) is -1.61. The number of halogens is 2. The minimum atomic E-state index is -1.16. The zero-order valence-corrected chi connectivity index (χ0v) is 13.9. The Morgan fingerprint density at radius 2 is 2.09 bits per heavy atom. The molecule has 2 rings (SSSR count). The van der Waals surface area contributed by atoms with Crippen molar-refractivity contribution >= 4 is 39.4 Å². The third-order valence-corrected chi connectivity index (χ3v) is 4.29. The summed E-state index contributed by atoms with van der Waals surface area (Å²) in [5, 5.41) is 12.2. The molecular weight excluding hydrogens is 378 g/mol. The third-order valence-electron chi connectivity index (χ3n) is 3.08. The second kappa shape index (κ2) is 7.92. The van der Waals surface area contributed by atoms with Gasteiger partial charge < -0.3 is 19.9 Å². The average molecular weight is 393 g/mol. The van der Waals surface area contributed by atoms with Crippen LogP contribution < -0.4 is 5.32 Å². The normalized spacial score (nSPS) is 17.0. The van der Waals surface area contributed by atoms with Crippen LogP contribution in [0, 0.1) is 0 Å². The molecule has 0 radical (unpaired) electrons. The molecule has 1 aromatic carbocycles. The second-order valence-electron chi connectivity index (χ2n) is 4.74. The van der Waals surface area contributed by atoms with E-state index in [4.69, 9.17) is 21.1 Å². The van der Waals surface area contributed by atoms with Crippen molar-refractivity contribution in [1.29, 1.82) is 0 Å². The zero-order valence-electron chi connectivity index (χ0n) is 11.6. The SMILES string of the molecule is O=C(CC1OCCCO1)NC(C(=O)O)c1ccc(Cl)c(Br)c1. The number of benzene rings is 1. The largest absolute Gasteiger partial charge is 0.479 e. The lowest BCUT2D eigenvalue weighted by molar-refractivity contribution is -0.184. The van der Waals surface area contributed by atoms with Crippen molar-refractivity contribution in [3.05, 3.63) is 33.3 Å². The number of carboxylic acid groups (broad SMARTS) is 1. The molecule has 0 bridgehead atoms. The van der Waals surface area contributed by atoms with Crippen molar-refractivity contribution in [3.8, 4) is 0 Å². The number of nitrogens with one attached hydrogen (secondary N) is 1. The molecule has 1 heterocycles. The van der Waals surface area contributed by atoms with Gasteiger partial charge in [0, 0.05) is 4.47 Å². The standard InChI is InChI=1S/C14H15BrClNO5/c15-9-6-8(2-3-10(9)16)13(14(19)20)17-11(18)7-12-21-4-1-5-22-12/h2-3,6,12-13H,1,4-5,7H2,(H,17,18)(H,19,20). The van der Waals surface area contributed by atoms with Crippen LogP contribution in [-0.2, 0) is 19.1 Å². The number of ether oxygens (including phenoxy) is 2. The highest BCUT2D eigenvalue weighted by molar-refractivity contribution is 9.10. The van der Waals surface area contributed by atoms with Crippen LogP contribution in [0.3, 0.4) is 0 Å². The van der Waals surface area contributed by atoms with Crippen LogP contribution in [0.2, 0.25) is 5.02 Å². The smallest absolute Gasteiger partial charge is 0.330 e. The van der Waals surface area contributed by atoms with Gasteiger partial charge in [0.2, 0.25) is 5.91 Å². The fourth-order valence-corrected chi connectivity index (χ4v) is 2.52. The number of carbonyl (C=O) groups is 2. The van der Waals surface area contributed by atoms with Gasteiger partial charge in [-0.25, -0.2) is 4.79 Å². The number of hydrogen-bond donors (Lipinski definition) is 2. The summed E-state index contributed by atoms with van der Waals surface area (Å²) in [6.45, 7) is 1.06. The van der Waals surface area contributed by atoms with Crippen molar-refractivity contribution in [1.82, 2.24) is 5.32 Å². The molecule has 22 heavy (non-hydrogen) atoms. The molecular formula is C14H15BrClNO5. The van der Waals surface area contributed by atoms with Gasteiger partial charge in [-0.2, -0.15) is 0 Å². The Morgan fingerprint density at radius 1 is 1.41 bits per heavy atom. The molecule has 1 amide bonds. The summed E-state index contributed by atoms with van der Waals surface area (Å²) in [6.07, 6.45) is 0.118. The van der Waals surface area contributed by atoms with E-state index in [1.807, 2.05) is 0 Å². The van der Waals surface area contributed by atoms with Crippen molar-refractivity contribution in [2.75, 3.05) is 13.2 Å². The Morgan fingerprint density at radius 3 is 2.68 bits per heavy atom. The molecule has 120 valence electrons. The van der Waals surface area contributed by atoms with E-state index < -0.39 is 24.2 Å². The molecule has 0 aliphatic carbocycles. The molecule has 1 unspecified atom stereocenters. The van der Waals surface area contributed by atoms with Gasteiger partial charge in [0.15, 0.2) is 12.3 Å². The van der Waals surface area contributed by atoms with E-state index >= 15 is 0 Å². The fraction of sp³-hybridized carbons (Fsp3) is 0.429. The molecule has 6 nitrogen and oxygen atoms in total. The lowest BCUT2D eigenvalue weighted by Gasteiger charge is -2.23. The number of aliphatic carboxylic acids is 1. The predicted molar refractivity (Wildman–Crippen MR) is 82.6 cm³/mol. The Balaban J connectivity index is 2.03. The van der Waals surface area contributed by atoms with E-state index in [1.54, 1.807) is 18.2 Å².